The molecule has 0 radical (unpaired) electrons. The van der Waals surface area contributed by atoms with Crippen LogP contribution in [-0.2, 0) is 10.3 Å². The van der Waals surface area contributed by atoms with E-state index >= 15 is 0 Å². The maximum absolute atomic E-state index is 12.6. The quantitative estimate of drug-likeness (QED) is 0.760. The van der Waals surface area contributed by atoms with E-state index in [0.717, 1.165) is 37.4 Å². The number of likely N-dealkylation sites (tertiary alicyclic amines) is 1. The number of anilines is 1. The Labute approximate surface area is 164 Å². The van der Waals surface area contributed by atoms with Crippen molar-refractivity contribution in [2.75, 3.05) is 25.0 Å². The van der Waals surface area contributed by atoms with E-state index in [9.17, 15) is 4.79 Å². The molecule has 0 saturated carbocycles. The first-order valence-corrected chi connectivity index (χ1v) is 9.76. The zero-order chi connectivity index (χ0) is 19.0. The van der Waals surface area contributed by atoms with Crippen molar-refractivity contribution in [1.82, 2.24) is 9.47 Å². The molecule has 1 saturated heterocycles. The highest BCUT2D eigenvalue weighted by molar-refractivity contribution is 5.78. The van der Waals surface area contributed by atoms with Gasteiger partial charge >= 0.3 is 0 Å². The van der Waals surface area contributed by atoms with E-state index in [1.807, 2.05) is 35.2 Å². The van der Waals surface area contributed by atoms with Gasteiger partial charge in [0.25, 0.3) is 5.91 Å². The summed E-state index contributed by atoms with van der Waals surface area (Å²) in [6.45, 7) is 1.53. The van der Waals surface area contributed by atoms with Gasteiger partial charge in [0.1, 0.15) is 5.75 Å². The molecular formula is C23H23N3O2. The topological polar surface area (TPSA) is 46.5 Å². The molecule has 3 aromatic rings. The van der Waals surface area contributed by atoms with E-state index in [-0.39, 0.29) is 18.1 Å². The number of amides is 1. The summed E-state index contributed by atoms with van der Waals surface area (Å²) in [6, 6.07) is 22.2. The van der Waals surface area contributed by atoms with Gasteiger partial charge in [0, 0.05) is 25.0 Å². The third-order valence-corrected chi connectivity index (χ3v) is 5.85. The molecular weight excluding hydrogens is 350 g/mol. The SMILES string of the molecule is O=C(COc1ccccc1)N1CCC2(CC1)Nc1ccccc1-n1cccc12. The number of fused-ring (bicyclic) bond motifs is 4. The molecule has 3 heterocycles. The molecule has 28 heavy (non-hydrogen) atoms. The average molecular weight is 373 g/mol. The first kappa shape index (κ1) is 16.9. The van der Waals surface area contributed by atoms with E-state index in [1.165, 1.54) is 11.4 Å². The molecule has 1 aromatic heterocycles. The zero-order valence-corrected chi connectivity index (χ0v) is 15.7. The van der Waals surface area contributed by atoms with Crippen molar-refractivity contribution in [3.05, 3.63) is 78.6 Å². The number of ether oxygens (including phenoxy) is 1. The van der Waals surface area contributed by atoms with E-state index in [4.69, 9.17) is 4.74 Å². The van der Waals surface area contributed by atoms with E-state index in [1.54, 1.807) is 0 Å². The molecule has 5 rings (SSSR count). The van der Waals surface area contributed by atoms with Crippen LogP contribution in [0.5, 0.6) is 5.75 Å². The van der Waals surface area contributed by atoms with Crippen LogP contribution in [0.25, 0.3) is 5.69 Å². The Morgan fingerprint density at radius 3 is 2.54 bits per heavy atom. The summed E-state index contributed by atoms with van der Waals surface area (Å²) in [5.74, 6) is 0.776. The van der Waals surface area contributed by atoms with Gasteiger partial charge in [-0.3, -0.25) is 4.79 Å². The Balaban J connectivity index is 1.29. The molecule has 0 atom stereocenters. The maximum Gasteiger partial charge on any atom is 0.260 e. The average Bonchev–Trinajstić information content (AvgIpc) is 3.25. The molecule has 1 spiro atoms. The lowest BCUT2D eigenvalue weighted by Crippen LogP contribution is -2.51. The molecule has 0 bridgehead atoms. The summed E-state index contributed by atoms with van der Waals surface area (Å²) in [5, 5.41) is 3.78. The molecule has 2 aromatic carbocycles. The number of benzene rings is 2. The molecule has 1 fully saturated rings. The lowest BCUT2D eigenvalue weighted by atomic mass is 9.82. The molecule has 1 amide bonds. The summed E-state index contributed by atoms with van der Waals surface area (Å²) in [4.78, 5) is 14.5. The van der Waals surface area contributed by atoms with Crippen LogP contribution >= 0.6 is 0 Å². The summed E-state index contributed by atoms with van der Waals surface area (Å²) >= 11 is 0. The first-order valence-electron chi connectivity index (χ1n) is 9.76. The summed E-state index contributed by atoms with van der Waals surface area (Å²) in [7, 11) is 0. The van der Waals surface area contributed by atoms with Crippen LogP contribution in [0.15, 0.2) is 72.9 Å². The fourth-order valence-corrected chi connectivity index (χ4v) is 4.36. The Kier molecular flexibility index (Phi) is 4.08. The number of nitrogens with one attached hydrogen (secondary N) is 1. The second-order valence-corrected chi connectivity index (χ2v) is 7.47. The largest absolute Gasteiger partial charge is 0.484 e. The van der Waals surface area contributed by atoms with Gasteiger partial charge in [0.2, 0.25) is 0 Å². The third kappa shape index (κ3) is 2.83. The number of nitrogens with zero attached hydrogens (tertiary/aromatic N) is 2. The standard InChI is InChI=1S/C23H23N3O2/c27-22(17-28-18-7-2-1-3-8-18)25-15-12-23(13-16-25)21-11-6-14-26(21)20-10-5-4-9-19(20)24-23/h1-11,14,24H,12-13,15-17H2. The first-order chi connectivity index (χ1) is 13.8. The molecule has 2 aliphatic rings. The van der Waals surface area contributed by atoms with Crippen LogP contribution in [0.3, 0.4) is 0 Å². The lowest BCUT2D eigenvalue weighted by Gasteiger charge is -2.46. The van der Waals surface area contributed by atoms with Gasteiger partial charge in [-0.1, -0.05) is 30.3 Å². The van der Waals surface area contributed by atoms with Crippen molar-refractivity contribution < 1.29 is 9.53 Å². The third-order valence-electron chi connectivity index (χ3n) is 5.85. The summed E-state index contributed by atoms with van der Waals surface area (Å²) in [6.07, 6.45) is 3.88. The normalized spacial score (nSPS) is 16.8. The molecule has 0 aliphatic carbocycles. The van der Waals surface area contributed by atoms with Gasteiger partial charge in [-0.15, -0.1) is 0 Å². The molecule has 142 valence electrons. The van der Waals surface area contributed by atoms with Gasteiger partial charge in [-0.2, -0.15) is 0 Å². The van der Waals surface area contributed by atoms with Crippen molar-refractivity contribution in [3.8, 4) is 11.4 Å². The van der Waals surface area contributed by atoms with E-state index in [0.29, 0.717) is 0 Å². The van der Waals surface area contributed by atoms with Crippen LogP contribution in [0.2, 0.25) is 0 Å². The minimum absolute atomic E-state index is 0.0466. The van der Waals surface area contributed by atoms with E-state index < -0.39 is 0 Å². The minimum atomic E-state index is -0.130. The monoisotopic (exact) mass is 373 g/mol. The summed E-state index contributed by atoms with van der Waals surface area (Å²) < 4.78 is 7.92. The molecule has 5 nitrogen and oxygen atoms in total. The number of carbonyl (C=O) groups is 1. The van der Waals surface area contributed by atoms with Crippen molar-refractivity contribution >= 4 is 11.6 Å². The van der Waals surface area contributed by atoms with Crippen LogP contribution in [-0.4, -0.2) is 35.1 Å². The van der Waals surface area contributed by atoms with Crippen molar-refractivity contribution in [2.24, 2.45) is 0 Å². The number of hydrogen-bond acceptors (Lipinski definition) is 3. The van der Waals surface area contributed by atoms with Gasteiger partial charge in [-0.25, -0.2) is 0 Å². The van der Waals surface area contributed by atoms with Crippen LogP contribution in [0, 0.1) is 0 Å². The molecule has 5 heteroatoms. The number of piperidine rings is 1. The number of aromatic nitrogens is 1. The Morgan fingerprint density at radius 2 is 1.71 bits per heavy atom. The zero-order valence-electron chi connectivity index (χ0n) is 15.7. The smallest absolute Gasteiger partial charge is 0.260 e. The van der Waals surface area contributed by atoms with E-state index in [2.05, 4.69) is 52.5 Å². The Bertz CT molecular complexity index is 988. The highest BCUT2D eigenvalue weighted by Crippen LogP contribution is 2.43. The Morgan fingerprint density at radius 1 is 0.964 bits per heavy atom. The highest BCUT2D eigenvalue weighted by Gasteiger charge is 2.42. The van der Waals surface area contributed by atoms with Gasteiger partial charge < -0.3 is 19.5 Å². The minimum Gasteiger partial charge on any atom is -0.484 e. The second kappa shape index (κ2) is 6.75. The van der Waals surface area contributed by atoms with Crippen molar-refractivity contribution in [1.29, 1.82) is 0 Å². The maximum atomic E-state index is 12.6. The lowest BCUT2D eigenvalue weighted by molar-refractivity contribution is -0.134. The molecule has 1 N–H and O–H groups in total. The fraction of sp³-hybridized carbons (Fsp3) is 0.261. The predicted octanol–water partition coefficient (Wildman–Crippen LogP) is 3.80. The van der Waals surface area contributed by atoms with Crippen LogP contribution in [0.1, 0.15) is 18.5 Å². The molecule has 2 aliphatic heterocycles. The van der Waals surface area contributed by atoms with Crippen LogP contribution in [0.4, 0.5) is 5.69 Å². The number of hydrogen-bond donors (Lipinski definition) is 1. The predicted molar refractivity (Wildman–Crippen MR) is 109 cm³/mol. The van der Waals surface area contributed by atoms with Gasteiger partial charge in [-0.05, 0) is 49.2 Å². The number of para-hydroxylation sites is 3. The second-order valence-electron chi connectivity index (χ2n) is 7.47. The highest BCUT2D eigenvalue weighted by atomic mass is 16.5. The van der Waals surface area contributed by atoms with Gasteiger partial charge in [0.15, 0.2) is 6.61 Å². The van der Waals surface area contributed by atoms with Crippen molar-refractivity contribution in [2.45, 2.75) is 18.4 Å². The molecule has 0 unspecified atom stereocenters. The van der Waals surface area contributed by atoms with Crippen LogP contribution < -0.4 is 10.1 Å². The fourth-order valence-electron chi connectivity index (χ4n) is 4.36. The van der Waals surface area contributed by atoms with Crippen molar-refractivity contribution in [3.63, 3.8) is 0 Å². The summed E-state index contributed by atoms with van der Waals surface area (Å²) in [5.41, 5.74) is 3.48. The number of carbonyl (C=O) groups excluding carboxylic acids is 1. The number of rotatable bonds is 3. The Hall–Kier alpha value is -3.21. The van der Waals surface area contributed by atoms with Gasteiger partial charge in [0.05, 0.1) is 16.9 Å².